The average Bonchev–Trinajstić information content (AvgIpc) is 3.28. The Kier molecular flexibility index (Phi) is 21.3. The van der Waals surface area contributed by atoms with Gasteiger partial charge in [0, 0.05) is 58.5 Å². The monoisotopic (exact) mass is 916 g/mol. The Hall–Kier alpha value is -3.08. The smallest absolute Gasteiger partial charge is 0.329 e. The van der Waals surface area contributed by atoms with E-state index in [-0.39, 0.29) is 60.9 Å². The molecular weight excluding hydrogens is 835 g/mol. The molecule has 368 valence electrons. The van der Waals surface area contributed by atoms with Gasteiger partial charge in [-0.3, -0.25) is 14.4 Å². The molecule has 0 aromatic rings. The summed E-state index contributed by atoms with van der Waals surface area (Å²) in [6, 6.07) is -1.08. The van der Waals surface area contributed by atoms with Crippen LogP contribution in [0.25, 0.3) is 0 Å². The number of aliphatic hydroxyl groups excluding tert-OH is 3. The molecule has 1 aliphatic carbocycles. The molecule has 1 amide bonds. The van der Waals surface area contributed by atoms with E-state index in [2.05, 4.69) is 0 Å². The molecule has 3 heterocycles. The van der Waals surface area contributed by atoms with Crippen molar-refractivity contribution in [2.75, 3.05) is 27.9 Å². The number of piperidine rings is 1. The number of carbonyl (C=O) groups excluding carboxylic acids is 4. The Balaban J connectivity index is 1.70. The van der Waals surface area contributed by atoms with E-state index in [1.54, 1.807) is 41.1 Å². The van der Waals surface area contributed by atoms with Crippen LogP contribution in [0.2, 0.25) is 0 Å². The Bertz CT molecular complexity index is 1710. The van der Waals surface area contributed by atoms with E-state index in [1.807, 2.05) is 58.1 Å². The minimum absolute atomic E-state index is 0.0264. The maximum Gasteiger partial charge on any atom is 0.329 e. The van der Waals surface area contributed by atoms with Gasteiger partial charge in [-0.15, -0.1) is 0 Å². The number of cyclic esters (lactones) is 1. The summed E-state index contributed by atoms with van der Waals surface area (Å²) in [5, 5.41) is 45.7. The third-order valence-electron chi connectivity index (χ3n) is 14.7. The fraction of sp³-hybridized carbons (Fsp3) is 0.765. The highest BCUT2D eigenvalue weighted by molar-refractivity contribution is 5.89. The van der Waals surface area contributed by atoms with Crippen molar-refractivity contribution in [2.45, 2.75) is 186 Å². The molecule has 1 saturated carbocycles. The topological polar surface area (TPSA) is 199 Å². The van der Waals surface area contributed by atoms with Gasteiger partial charge in [-0.2, -0.15) is 0 Å². The third kappa shape index (κ3) is 14.5. The van der Waals surface area contributed by atoms with E-state index in [0.29, 0.717) is 63.4 Å². The number of esters is 1. The number of Topliss-reactive ketones (excluding diaryl/α,β-unsaturated/α-hetero) is 2. The Morgan fingerprint density at radius 1 is 0.846 bits per heavy atom. The number of hydrogen-bond acceptors (Lipinski definition) is 13. The van der Waals surface area contributed by atoms with Gasteiger partial charge in [0.05, 0.1) is 24.4 Å². The number of aliphatic hydroxyl groups is 4. The molecule has 0 aromatic heterocycles. The van der Waals surface area contributed by atoms with Crippen LogP contribution < -0.4 is 0 Å². The van der Waals surface area contributed by atoms with Crippen LogP contribution in [0.5, 0.6) is 0 Å². The van der Waals surface area contributed by atoms with Crippen LogP contribution in [0.15, 0.2) is 47.6 Å². The fourth-order valence-corrected chi connectivity index (χ4v) is 10.3. The van der Waals surface area contributed by atoms with Gasteiger partial charge in [0.15, 0.2) is 11.9 Å². The van der Waals surface area contributed by atoms with Crippen molar-refractivity contribution in [1.29, 1.82) is 0 Å². The molecule has 3 aliphatic heterocycles. The zero-order valence-electron chi connectivity index (χ0n) is 40.7. The highest BCUT2D eigenvalue weighted by atomic mass is 16.6. The van der Waals surface area contributed by atoms with E-state index >= 15 is 0 Å². The quantitative estimate of drug-likeness (QED) is 0.180. The molecule has 2 bridgehead atoms. The van der Waals surface area contributed by atoms with Gasteiger partial charge in [-0.1, -0.05) is 71.1 Å². The molecule has 0 radical (unpaired) electrons. The molecule has 16 atom stereocenters. The summed E-state index contributed by atoms with van der Waals surface area (Å²) >= 11 is 0. The van der Waals surface area contributed by atoms with Gasteiger partial charge >= 0.3 is 5.97 Å². The first-order valence-electron chi connectivity index (χ1n) is 24.1. The van der Waals surface area contributed by atoms with Gasteiger partial charge in [-0.05, 0) is 107 Å². The number of hydrogen-bond donors (Lipinski definition) is 4. The molecule has 0 spiro atoms. The number of amides is 1. The highest BCUT2D eigenvalue weighted by Crippen LogP contribution is 2.39. The molecule has 4 rings (SSSR count). The van der Waals surface area contributed by atoms with Crippen molar-refractivity contribution in [2.24, 2.45) is 35.5 Å². The second kappa shape index (κ2) is 25.3. The van der Waals surface area contributed by atoms with E-state index < -0.39 is 78.1 Å². The fourth-order valence-electron chi connectivity index (χ4n) is 10.3. The summed E-state index contributed by atoms with van der Waals surface area (Å²) in [5.74, 6) is -6.22. The third-order valence-corrected chi connectivity index (χ3v) is 14.7. The van der Waals surface area contributed by atoms with Crippen LogP contribution in [-0.4, -0.2) is 137 Å². The summed E-state index contributed by atoms with van der Waals surface area (Å²) in [5.41, 5.74) is 1.30. The largest absolute Gasteiger partial charge is 0.460 e. The zero-order chi connectivity index (χ0) is 48.2. The van der Waals surface area contributed by atoms with Gasteiger partial charge in [-0.25, -0.2) is 4.79 Å². The van der Waals surface area contributed by atoms with Crippen LogP contribution >= 0.6 is 0 Å². The predicted molar refractivity (Wildman–Crippen MR) is 246 cm³/mol. The van der Waals surface area contributed by atoms with E-state index in [0.717, 1.165) is 12.0 Å². The molecule has 14 heteroatoms. The molecule has 3 fully saturated rings. The minimum Gasteiger partial charge on any atom is -0.460 e. The molecule has 65 heavy (non-hydrogen) atoms. The number of ketones is 2. The number of ether oxygens (including phenoxy) is 5. The van der Waals surface area contributed by atoms with E-state index in [9.17, 15) is 39.6 Å². The van der Waals surface area contributed by atoms with Gasteiger partial charge in [0.1, 0.15) is 30.1 Å². The first-order valence-corrected chi connectivity index (χ1v) is 24.1. The first-order chi connectivity index (χ1) is 30.7. The zero-order valence-corrected chi connectivity index (χ0v) is 40.7. The van der Waals surface area contributed by atoms with Crippen LogP contribution in [-0.2, 0) is 42.9 Å². The Labute approximate surface area is 387 Å². The predicted octanol–water partition coefficient (Wildman–Crippen LogP) is 5.97. The van der Waals surface area contributed by atoms with Crippen LogP contribution in [0, 0.1) is 35.5 Å². The molecule has 14 nitrogen and oxygen atoms in total. The lowest BCUT2D eigenvalue weighted by atomic mass is 9.78. The van der Waals surface area contributed by atoms with Crippen molar-refractivity contribution in [3.05, 3.63) is 47.6 Å². The molecule has 0 aromatic carbocycles. The van der Waals surface area contributed by atoms with Crippen LogP contribution in [0.1, 0.15) is 126 Å². The molecule has 2 saturated heterocycles. The maximum atomic E-state index is 14.4. The van der Waals surface area contributed by atoms with Crippen molar-refractivity contribution in [3.63, 3.8) is 0 Å². The maximum absolute atomic E-state index is 14.4. The second-order valence-electron chi connectivity index (χ2n) is 19.8. The summed E-state index contributed by atoms with van der Waals surface area (Å²) in [4.78, 5) is 57.8. The summed E-state index contributed by atoms with van der Waals surface area (Å²) in [6.45, 7) is 12.9. The standard InChI is InChI=1S/C51H81NO13/c1-30-16-12-11-13-17-31(2)42(61-8)28-38-21-19-36(7)51(60,65-38)48(57)49(58)52-23-15-14-18-39(52)50(59)64-43(33(4)26-37-20-22-40(53)44(27-37)62-9)29-41(54)32(3)25-35(6)46(56)47(63-10)45(55)34(5)24-30/h11-13,16-17,25,30,32-34,36-40,42-44,46-48,53,56-57,60H,14-15,18-24,26-29H2,1-10H3/b13-11?,16-12+,31-17?,35-25+/t30-,32-,33-,34-,36-,37+,38+,39?,40-,42+,43+,44-,46-,47+,48+,51-/m1/s1. The minimum atomic E-state index is -2.23. The molecule has 4 N–H and O–H groups in total. The van der Waals surface area contributed by atoms with E-state index in [1.165, 1.54) is 12.0 Å². The lowest BCUT2D eigenvalue weighted by molar-refractivity contribution is -0.317. The lowest BCUT2D eigenvalue weighted by Crippen LogP contribution is -2.63. The first kappa shape index (κ1) is 54.5. The van der Waals surface area contributed by atoms with Crippen LogP contribution in [0.3, 0.4) is 0 Å². The average molecular weight is 916 g/mol. The summed E-state index contributed by atoms with van der Waals surface area (Å²) in [6.07, 6.45) is 9.72. The normalized spacial score (nSPS) is 40.2. The van der Waals surface area contributed by atoms with Crippen molar-refractivity contribution in [3.8, 4) is 0 Å². The summed E-state index contributed by atoms with van der Waals surface area (Å²) < 4.78 is 29.5. The van der Waals surface area contributed by atoms with Crippen LogP contribution in [0.4, 0.5) is 0 Å². The molecule has 1 unspecified atom stereocenters. The van der Waals surface area contributed by atoms with Gasteiger partial charge in [0.2, 0.25) is 5.79 Å². The SMILES string of the molecule is CO[C@H]1C[C@@H]2CC[C@@H](C)[C@@](O)(O2)[C@@H](O)C(=O)N2CCCCC2C(=O)O[C@H]([C@H](C)C[C@@H]2CC[C@@H](O)[C@H](OC)C2)CC(=O)[C@H](C)/C=C(\C)[C@@H](O)[C@@H](OC)C(=O)[C@H](C)C[C@H](C)/C=C/C=CC=C1C. The number of nitrogens with zero attached hydrogens (tertiary/aromatic N) is 1. The number of allylic oxidation sites excluding steroid dienone is 6. The number of carbonyl (C=O) groups is 4. The molecular formula is C51H81NO13. The van der Waals surface area contributed by atoms with E-state index in [4.69, 9.17) is 23.7 Å². The number of rotatable bonds is 6. The highest BCUT2D eigenvalue weighted by Gasteiger charge is 2.53. The van der Waals surface area contributed by atoms with Gasteiger partial charge in [0.25, 0.3) is 5.91 Å². The number of methoxy groups -OCH3 is 3. The molecule has 4 aliphatic rings. The number of fused-ring (bicyclic) bond motifs is 3. The van der Waals surface area contributed by atoms with Crippen molar-refractivity contribution in [1.82, 2.24) is 4.90 Å². The van der Waals surface area contributed by atoms with Crippen molar-refractivity contribution < 1.29 is 63.3 Å². The van der Waals surface area contributed by atoms with Gasteiger partial charge < -0.3 is 49.0 Å². The Morgan fingerprint density at radius 3 is 2.25 bits per heavy atom. The van der Waals surface area contributed by atoms with Crippen molar-refractivity contribution >= 4 is 23.4 Å². The summed E-state index contributed by atoms with van der Waals surface area (Å²) in [7, 11) is 4.55. The second-order valence-corrected chi connectivity index (χ2v) is 19.8. The lowest BCUT2D eigenvalue weighted by Gasteiger charge is -2.46. The Morgan fingerprint density at radius 2 is 1.57 bits per heavy atom.